The van der Waals surface area contributed by atoms with E-state index in [2.05, 4.69) is 4.98 Å². The van der Waals surface area contributed by atoms with Crippen molar-refractivity contribution in [1.29, 1.82) is 0 Å². The van der Waals surface area contributed by atoms with Crippen molar-refractivity contribution in [2.45, 2.75) is 32.6 Å². The van der Waals surface area contributed by atoms with Gasteiger partial charge in [-0.05, 0) is 49.5 Å². The quantitative estimate of drug-likeness (QED) is 0.617. The van der Waals surface area contributed by atoms with Gasteiger partial charge in [-0.25, -0.2) is 4.98 Å². The molecule has 3 atom stereocenters. The first-order valence-corrected chi connectivity index (χ1v) is 6.87. The Hall–Kier alpha value is -1.65. The van der Waals surface area contributed by atoms with Gasteiger partial charge in [-0.15, -0.1) is 0 Å². The fourth-order valence-electron chi connectivity index (χ4n) is 3.55. The van der Waals surface area contributed by atoms with E-state index in [-0.39, 0.29) is 11.6 Å². The maximum Gasteiger partial charge on any atom is 0.331 e. The van der Waals surface area contributed by atoms with Crippen molar-refractivity contribution < 1.29 is 9.66 Å². The van der Waals surface area contributed by atoms with Crippen LogP contribution in [-0.2, 0) is 0 Å². The highest BCUT2D eigenvalue weighted by Crippen LogP contribution is 2.48. The number of rotatable bonds is 4. The van der Waals surface area contributed by atoms with Crippen LogP contribution in [0.25, 0.3) is 0 Å². The average Bonchev–Trinajstić information content (AvgIpc) is 2.99. The van der Waals surface area contributed by atoms with Crippen LogP contribution in [0.15, 0.2) is 12.3 Å². The molecule has 0 radical (unpaired) electrons. The van der Waals surface area contributed by atoms with Crippen molar-refractivity contribution in [3.05, 3.63) is 27.9 Å². The first-order valence-electron chi connectivity index (χ1n) is 6.87. The van der Waals surface area contributed by atoms with E-state index in [1.165, 1.54) is 31.7 Å². The highest BCUT2D eigenvalue weighted by Gasteiger charge is 2.39. The Morgan fingerprint density at radius 1 is 1.47 bits per heavy atom. The van der Waals surface area contributed by atoms with Gasteiger partial charge in [0.25, 0.3) is 5.88 Å². The summed E-state index contributed by atoms with van der Waals surface area (Å²) in [5, 5.41) is 11.0. The van der Waals surface area contributed by atoms with Gasteiger partial charge in [-0.1, -0.05) is 6.42 Å². The smallest absolute Gasteiger partial charge is 0.331 e. The number of hydrogen-bond donors (Lipinski definition) is 0. The number of nitrogens with zero attached hydrogens (tertiary/aromatic N) is 2. The summed E-state index contributed by atoms with van der Waals surface area (Å²) in [6.07, 6.45) is 6.79. The maximum absolute atomic E-state index is 11.0. The summed E-state index contributed by atoms with van der Waals surface area (Å²) in [5.74, 6) is 2.34. The summed E-state index contributed by atoms with van der Waals surface area (Å²) in [6.45, 7) is 2.36. The molecule has 2 aliphatic rings. The van der Waals surface area contributed by atoms with Crippen LogP contribution in [-0.4, -0.2) is 16.5 Å². The zero-order valence-corrected chi connectivity index (χ0v) is 11.0. The van der Waals surface area contributed by atoms with Crippen molar-refractivity contribution in [3.8, 4) is 5.88 Å². The molecule has 19 heavy (non-hydrogen) atoms. The Balaban J connectivity index is 1.68. The van der Waals surface area contributed by atoms with Crippen molar-refractivity contribution in [2.75, 3.05) is 6.61 Å². The van der Waals surface area contributed by atoms with E-state index in [9.17, 15) is 10.1 Å². The molecule has 0 saturated heterocycles. The first kappa shape index (κ1) is 12.4. The third kappa shape index (κ3) is 2.41. The van der Waals surface area contributed by atoms with Gasteiger partial charge in [0.15, 0.2) is 0 Å². The maximum atomic E-state index is 11.0. The molecule has 102 valence electrons. The number of pyridine rings is 1. The standard InChI is InChI=1S/C14H18N2O3/c1-9-4-13(16(17)18)14(15-7-9)19-8-12-6-10-2-3-11(12)5-10/h4,7,10-12H,2-3,5-6,8H2,1H3. The van der Waals surface area contributed by atoms with Crippen LogP contribution in [0.2, 0.25) is 0 Å². The predicted molar refractivity (Wildman–Crippen MR) is 70.1 cm³/mol. The van der Waals surface area contributed by atoms with Gasteiger partial charge in [0.05, 0.1) is 11.5 Å². The lowest BCUT2D eigenvalue weighted by atomic mass is 9.90. The van der Waals surface area contributed by atoms with E-state index >= 15 is 0 Å². The molecule has 0 amide bonds. The van der Waals surface area contributed by atoms with E-state index in [1.54, 1.807) is 13.1 Å². The lowest BCUT2D eigenvalue weighted by Crippen LogP contribution is -2.19. The highest BCUT2D eigenvalue weighted by atomic mass is 16.6. The fourth-order valence-corrected chi connectivity index (χ4v) is 3.55. The minimum Gasteiger partial charge on any atom is -0.473 e. The Labute approximate surface area is 112 Å². The van der Waals surface area contributed by atoms with Crippen LogP contribution in [0, 0.1) is 34.8 Å². The van der Waals surface area contributed by atoms with Gasteiger partial charge in [-0.2, -0.15) is 0 Å². The molecule has 2 aliphatic carbocycles. The molecule has 0 N–H and O–H groups in total. The van der Waals surface area contributed by atoms with Crippen LogP contribution in [0.3, 0.4) is 0 Å². The second-order valence-electron chi connectivity index (χ2n) is 5.84. The predicted octanol–water partition coefficient (Wildman–Crippen LogP) is 3.11. The molecule has 0 aromatic carbocycles. The molecule has 3 unspecified atom stereocenters. The molecule has 1 heterocycles. The Morgan fingerprint density at radius 2 is 2.32 bits per heavy atom. The second kappa shape index (κ2) is 4.79. The van der Waals surface area contributed by atoms with E-state index < -0.39 is 4.92 Å². The van der Waals surface area contributed by atoms with Gasteiger partial charge in [0, 0.05) is 12.3 Å². The van der Waals surface area contributed by atoms with Crippen molar-refractivity contribution >= 4 is 5.69 Å². The lowest BCUT2D eigenvalue weighted by Gasteiger charge is -2.21. The van der Waals surface area contributed by atoms with E-state index in [4.69, 9.17) is 4.74 Å². The van der Waals surface area contributed by atoms with Crippen molar-refractivity contribution in [2.24, 2.45) is 17.8 Å². The number of ether oxygens (including phenoxy) is 1. The van der Waals surface area contributed by atoms with Gasteiger partial charge >= 0.3 is 5.69 Å². The molecule has 0 spiro atoms. The fraction of sp³-hybridized carbons (Fsp3) is 0.643. The van der Waals surface area contributed by atoms with Gasteiger partial charge in [0.1, 0.15) is 0 Å². The minimum absolute atomic E-state index is 0.0249. The van der Waals surface area contributed by atoms with Crippen LogP contribution >= 0.6 is 0 Å². The van der Waals surface area contributed by atoms with Crippen LogP contribution in [0.4, 0.5) is 5.69 Å². The van der Waals surface area contributed by atoms with E-state index in [1.807, 2.05) is 0 Å². The largest absolute Gasteiger partial charge is 0.473 e. The summed E-state index contributed by atoms with van der Waals surface area (Å²) < 4.78 is 5.64. The highest BCUT2D eigenvalue weighted by molar-refractivity contribution is 5.42. The summed E-state index contributed by atoms with van der Waals surface area (Å²) in [4.78, 5) is 14.6. The van der Waals surface area contributed by atoms with E-state index in [0.29, 0.717) is 12.5 Å². The number of aromatic nitrogens is 1. The number of nitro groups is 1. The minimum atomic E-state index is -0.421. The zero-order chi connectivity index (χ0) is 13.4. The molecule has 2 saturated carbocycles. The monoisotopic (exact) mass is 262 g/mol. The molecular weight excluding hydrogens is 244 g/mol. The topological polar surface area (TPSA) is 65.3 Å². The Kier molecular flexibility index (Phi) is 3.12. The third-order valence-corrected chi connectivity index (χ3v) is 4.48. The summed E-state index contributed by atoms with van der Waals surface area (Å²) in [5.41, 5.74) is 0.752. The number of hydrogen-bond acceptors (Lipinski definition) is 4. The molecule has 2 fully saturated rings. The van der Waals surface area contributed by atoms with Gasteiger partial charge < -0.3 is 4.74 Å². The zero-order valence-electron chi connectivity index (χ0n) is 11.0. The number of aryl methyl sites for hydroxylation is 1. The SMILES string of the molecule is Cc1cnc(OCC2CC3CCC2C3)c([N+](=O)[O-])c1. The molecule has 1 aromatic heterocycles. The van der Waals surface area contributed by atoms with Crippen LogP contribution in [0.1, 0.15) is 31.2 Å². The Bertz CT molecular complexity index is 503. The van der Waals surface area contributed by atoms with Crippen molar-refractivity contribution in [1.82, 2.24) is 4.98 Å². The Morgan fingerprint density at radius 3 is 2.95 bits per heavy atom. The molecule has 3 rings (SSSR count). The van der Waals surface area contributed by atoms with Crippen molar-refractivity contribution in [3.63, 3.8) is 0 Å². The van der Waals surface area contributed by atoms with Crippen LogP contribution in [0.5, 0.6) is 5.88 Å². The summed E-state index contributed by atoms with van der Waals surface area (Å²) in [7, 11) is 0. The average molecular weight is 262 g/mol. The molecule has 0 aliphatic heterocycles. The van der Waals surface area contributed by atoms with Gasteiger partial charge in [-0.3, -0.25) is 10.1 Å². The summed E-state index contributed by atoms with van der Waals surface area (Å²) in [6, 6.07) is 1.52. The molecular formula is C14H18N2O3. The first-order chi connectivity index (χ1) is 9.13. The molecule has 5 nitrogen and oxygen atoms in total. The second-order valence-corrected chi connectivity index (χ2v) is 5.84. The molecule has 5 heteroatoms. The molecule has 1 aromatic rings. The normalized spacial score (nSPS) is 28.6. The van der Waals surface area contributed by atoms with Crippen LogP contribution < -0.4 is 4.74 Å². The summed E-state index contributed by atoms with van der Waals surface area (Å²) >= 11 is 0. The third-order valence-electron chi connectivity index (χ3n) is 4.48. The lowest BCUT2D eigenvalue weighted by molar-refractivity contribution is -0.386. The van der Waals surface area contributed by atoms with E-state index in [0.717, 1.165) is 17.4 Å². The molecule has 2 bridgehead atoms. The number of fused-ring (bicyclic) bond motifs is 2. The van der Waals surface area contributed by atoms with Gasteiger partial charge in [0.2, 0.25) is 0 Å².